The number of hydrogen-bond donors (Lipinski definition) is 2. The molecule has 0 spiro atoms. The highest BCUT2D eigenvalue weighted by Gasteiger charge is 2.31. The van der Waals surface area contributed by atoms with Crippen molar-refractivity contribution in [3.05, 3.63) is 35.6 Å². The predicted molar refractivity (Wildman–Crippen MR) is 88.4 cm³/mol. The number of halogens is 1. The maximum Gasteiger partial charge on any atom is 0.224 e. The third-order valence-electron chi connectivity index (χ3n) is 4.36. The molecule has 24 heavy (non-hydrogen) atoms. The second-order valence-electron chi connectivity index (χ2n) is 7.14. The fourth-order valence-corrected chi connectivity index (χ4v) is 2.64. The van der Waals surface area contributed by atoms with Gasteiger partial charge in [0.05, 0.1) is 5.92 Å². The lowest BCUT2D eigenvalue weighted by atomic mass is 9.93. The Morgan fingerprint density at radius 1 is 1.42 bits per heavy atom. The van der Waals surface area contributed by atoms with Gasteiger partial charge in [0, 0.05) is 43.6 Å². The molecule has 1 atom stereocenters. The fraction of sp³-hybridized carbons (Fsp3) is 0.556. The van der Waals surface area contributed by atoms with E-state index in [9.17, 15) is 19.1 Å². The van der Waals surface area contributed by atoms with E-state index in [0.717, 1.165) is 0 Å². The van der Waals surface area contributed by atoms with E-state index >= 15 is 0 Å². The number of carbonyl (C=O) groups excluding carboxylic acids is 2. The molecule has 0 unspecified atom stereocenters. The van der Waals surface area contributed by atoms with Crippen molar-refractivity contribution in [2.75, 3.05) is 19.7 Å². The van der Waals surface area contributed by atoms with Gasteiger partial charge in [-0.2, -0.15) is 0 Å². The van der Waals surface area contributed by atoms with Crippen LogP contribution in [0.5, 0.6) is 0 Å². The number of nitrogens with zero attached hydrogens (tertiary/aromatic N) is 1. The molecule has 0 aliphatic carbocycles. The Morgan fingerprint density at radius 3 is 2.79 bits per heavy atom. The van der Waals surface area contributed by atoms with Crippen LogP contribution in [-0.4, -0.2) is 41.5 Å². The van der Waals surface area contributed by atoms with Crippen molar-refractivity contribution < 1.29 is 19.1 Å². The summed E-state index contributed by atoms with van der Waals surface area (Å²) < 4.78 is 13.8. The standard InChI is InChI=1S/C18H25FN2O3/c1-18(2,12-22)11-20-17(24)14-7-8-16(23)21(10-14)9-13-5-3-4-6-15(13)19/h3-6,14,22H,7-12H2,1-2H3,(H,20,24)/t14-/m1/s1. The molecule has 1 aromatic rings. The molecular formula is C18H25FN2O3. The van der Waals surface area contributed by atoms with Crippen LogP contribution >= 0.6 is 0 Å². The van der Waals surface area contributed by atoms with Crippen molar-refractivity contribution in [1.82, 2.24) is 10.2 Å². The van der Waals surface area contributed by atoms with E-state index in [1.807, 2.05) is 13.8 Å². The third kappa shape index (κ3) is 4.77. The van der Waals surface area contributed by atoms with Gasteiger partial charge in [-0.25, -0.2) is 4.39 Å². The van der Waals surface area contributed by atoms with Crippen LogP contribution in [0, 0.1) is 17.2 Å². The highest BCUT2D eigenvalue weighted by molar-refractivity contribution is 5.83. The molecule has 2 amide bonds. The molecule has 1 fully saturated rings. The maximum absolute atomic E-state index is 13.8. The van der Waals surface area contributed by atoms with Crippen LogP contribution in [0.25, 0.3) is 0 Å². The number of amides is 2. The van der Waals surface area contributed by atoms with E-state index in [4.69, 9.17) is 0 Å². The van der Waals surface area contributed by atoms with E-state index in [0.29, 0.717) is 25.1 Å². The van der Waals surface area contributed by atoms with Gasteiger partial charge < -0.3 is 15.3 Å². The Bertz CT molecular complexity index is 604. The van der Waals surface area contributed by atoms with Gasteiger partial charge in [-0.15, -0.1) is 0 Å². The van der Waals surface area contributed by atoms with Gasteiger partial charge in [-0.3, -0.25) is 9.59 Å². The van der Waals surface area contributed by atoms with Gasteiger partial charge in [0.1, 0.15) is 5.82 Å². The van der Waals surface area contributed by atoms with Crippen LogP contribution in [0.1, 0.15) is 32.3 Å². The minimum Gasteiger partial charge on any atom is -0.396 e. The largest absolute Gasteiger partial charge is 0.396 e. The summed E-state index contributed by atoms with van der Waals surface area (Å²) in [7, 11) is 0. The highest BCUT2D eigenvalue weighted by atomic mass is 19.1. The molecular weight excluding hydrogens is 311 g/mol. The minimum atomic E-state index is -0.382. The van der Waals surface area contributed by atoms with Crippen molar-refractivity contribution in [2.45, 2.75) is 33.2 Å². The number of nitrogens with one attached hydrogen (secondary N) is 1. The second-order valence-corrected chi connectivity index (χ2v) is 7.14. The van der Waals surface area contributed by atoms with E-state index < -0.39 is 0 Å². The van der Waals surface area contributed by atoms with Gasteiger partial charge in [0.25, 0.3) is 0 Å². The third-order valence-corrected chi connectivity index (χ3v) is 4.36. The summed E-state index contributed by atoms with van der Waals surface area (Å²) in [5.74, 6) is -0.828. The highest BCUT2D eigenvalue weighted by Crippen LogP contribution is 2.21. The number of benzene rings is 1. The Morgan fingerprint density at radius 2 is 2.12 bits per heavy atom. The molecule has 0 saturated carbocycles. The SMILES string of the molecule is CC(C)(CO)CNC(=O)[C@@H]1CCC(=O)N(Cc2ccccc2F)C1. The zero-order chi connectivity index (χ0) is 17.7. The molecule has 6 heteroatoms. The summed E-state index contributed by atoms with van der Waals surface area (Å²) in [6.07, 6.45) is 0.786. The molecule has 132 valence electrons. The molecule has 0 radical (unpaired) electrons. The smallest absolute Gasteiger partial charge is 0.224 e. The number of aliphatic hydroxyl groups excluding tert-OH is 1. The molecule has 5 nitrogen and oxygen atoms in total. The molecule has 1 saturated heterocycles. The number of hydrogen-bond acceptors (Lipinski definition) is 3. The number of aliphatic hydroxyl groups is 1. The molecule has 1 aliphatic heterocycles. The fourth-order valence-electron chi connectivity index (χ4n) is 2.64. The van der Waals surface area contributed by atoms with Gasteiger partial charge in [-0.05, 0) is 12.5 Å². The molecule has 2 N–H and O–H groups in total. The number of likely N-dealkylation sites (tertiary alicyclic amines) is 1. The molecule has 1 heterocycles. The zero-order valence-corrected chi connectivity index (χ0v) is 14.2. The number of piperidine rings is 1. The second kappa shape index (κ2) is 7.75. The Balaban J connectivity index is 1.96. The molecule has 1 aliphatic rings. The molecule has 0 bridgehead atoms. The average Bonchev–Trinajstić information content (AvgIpc) is 2.56. The first kappa shape index (κ1) is 18.4. The first-order valence-corrected chi connectivity index (χ1v) is 8.22. The number of rotatable bonds is 6. The van der Waals surface area contributed by atoms with Crippen LogP contribution in [0.4, 0.5) is 4.39 Å². The lowest BCUT2D eigenvalue weighted by Crippen LogP contribution is -2.47. The topological polar surface area (TPSA) is 69.6 Å². The maximum atomic E-state index is 13.8. The van der Waals surface area contributed by atoms with E-state index in [1.165, 1.54) is 6.07 Å². The molecule has 0 aromatic heterocycles. The van der Waals surface area contributed by atoms with Crippen LogP contribution in [0.15, 0.2) is 24.3 Å². The summed E-state index contributed by atoms with van der Waals surface area (Å²) in [4.78, 5) is 26.0. The van der Waals surface area contributed by atoms with Gasteiger partial charge in [-0.1, -0.05) is 32.0 Å². The molecule has 2 rings (SSSR count). The van der Waals surface area contributed by atoms with Crippen LogP contribution in [-0.2, 0) is 16.1 Å². The first-order chi connectivity index (χ1) is 11.3. The summed E-state index contributed by atoms with van der Waals surface area (Å²) in [5, 5.41) is 12.1. The van der Waals surface area contributed by atoms with Gasteiger partial charge >= 0.3 is 0 Å². The Kier molecular flexibility index (Phi) is 5.94. The summed E-state index contributed by atoms with van der Waals surface area (Å²) in [6.45, 7) is 4.55. The van der Waals surface area contributed by atoms with Gasteiger partial charge in [0.2, 0.25) is 11.8 Å². The van der Waals surface area contributed by atoms with Gasteiger partial charge in [0.15, 0.2) is 0 Å². The Labute approximate surface area is 141 Å². The van der Waals surface area contributed by atoms with E-state index in [2.05, 4.69) is 5.32 Å². The van der Waals surface area contributed by atoms with Crippen molar-refractivity contribution in [1.29, 1.82) is 0 Å². The number of carbonyl (C=O) groups is 2. The molecule has 1 aromatic carbocycles. The summed E-state index contributed by atoms with van der Waals surface area (Å²) in [6, 6.07) is 6.35. The summed E-state index contributed by atoms with van der Waals surface area (Å²) in [5.41, 5.74) is 0.0702. The summed E-state index contributed by atoms with van der Waals surface area (Å²) >= 11 is 0. The van der Waals surface area contributed by atoms with E-state index in [-0.39, 0.29) is 48.5 Å². The van der Waals surface area contributed by atoms with Crippen molar-refractivity contribution in [3.8, 4) is 0 Å². The van der Waals surface area contributed by atoms with Crippen LogP contribution in [0.3, 0.4) is 0 Å². The van der Waals surface area contributed by atoms with Crippen molar-refractivity contribution in [3.63, 3.8) is 0 Å². The van der Waals surface area contributed by atoms with Crippen LogP contribution in [0.2, 0.25) is 0 Å². The normalized spacial score (nSPS) is 18.6. The van der Waals surface area contributed by atoms with Crippen molar-refractivity contribution in [2.24, 2.45) is 11.3 Å². The lowest BCUT2D eigenvalue weighted by molar-refractivity contribution is -0.139. The minimum absolute atomic E-state index is 0.0180. The Hall–Kier alpha value is -1.95. The monoisotopic (exact) mass is 336 g/mol. The first-order valence-electron chi connectivity index (χ1n) is 8.22. The van der Waals surface area contributed by atoms with E-state index in [1.54, 1.807) is 23.1 Å². The zero-order valence-electron chi connectivity index (χ0n) is 14.2. The predicted octanol–water partition coefficient (Wildman–Crippen LogP) is 1.70. The quantitative estimate of drug-likeness (QED) is 0.831. The lowest BCUT2D eigenvalue weighted by Gasteiger charge is -2.33. The van der Waals surface area contributed by atoms with Crippen molar-refractivity contribution >= 4 is 11.8 Å². The average molecular weight is 336 g/mol. The van der Waals surface area contributed by atoms with Crippen LogP contribution < -0.4 is 5.32 Å².